The second kappa shape index (κ2) is 7.48. The number of alkyl halides is 2. The van der Waals surface area contributed by atoms with Gasteiger partial charge < -0.3 is 20.4 Å². The molecule has 3 N–H and O–H groups in total. The van der Waals surface area contributed by atoms with Crippen molar-refractivity contribution in [2.24, 2.45) is 0 Å². The van der Waals surface area contributed by atoms with Crippen molar-refractivity contribution in [2.75, 3.05) is 25.0 Å². The van der Waals surface area contributed by atoms with Crippen molar-refractivity contribution >= 4 is 17.7 Å². The molecule has 0 unspecified atom stereocenters. The highest BCUT2D eigenvalue weighted by atomic mass is 19.3. The fourth-order valence-corrected chi connectivity index (χ4v) is 1.58. The standard InChI is InChI=1S/C12H13F3N2O4/c13-8-3-1-2-7(11(19)20)10(8)16-12(21)17(4-5-18)6-9(14)15/h1-3,9,18H,4-6H2,(H,16,21)(H,19,20). The maximum absolute atomic E-state index is 13.6. The van der Waals surface area contributed by atoms with Crippen LogP contribution in [0.25, 0.3) is 0 Å². The number of nitrogens with one attached hydrogen (secondary N) is 1. The summed E-state index contributed by atoms with van der Waals surface area (Å²) in [7, 11) is 0. The topological polar surface area (TPSA) is 89.9 Å². The number of anilines is 1. The van der Waals surface area contributed by atoms with Gasteiger partial charge in [-0.05, 0) is 12.1 Å². The molecule has 0 aliphatic rings. The molecule has 1 aromatic rings. The molecule has 6 nitrogen and oxygen atoms in total. The Balaban J connectivity index is 2.98. The first-order valence-corrected chi connectivity index (χ1v) is 5.83. The first-order valence-electron chi connectivity index (χ1n) is 5.83. The quantitative estimate of drug-likeness (QED) is 0.745. The summed E-state index contributed by atoms with van der Waals surface area (Å²) in [5, 5.41) is 19.6. The Morgan fingerprint density at radius 3 is 2.52 bits per heavy atom. The van der Waals surface area contributed by atoms with Crippen molar-refractivity contribution in [3.05, 3.63) is 29.6 Å². The number of benzene rings is 1. The van der Waals surface area contributed by atoms with Crippen molar-refractivity contribution in [1.82, 2.24) is 4.90 Å². The molecule has 1 aromatic carbocycles. The number of carbonyl (C=O) groups is 2. The van der Waals surface area contributed by atoms with Crippen LogP contribution in [0.1, 0.15) is 10.4 Å². The maximum atomic E-state index is 13.6. The molecule has 9 heteroatoms. The van der Waals surface area contributed by atoms with E-state index in [0.29, 0.717) is 4.90 Å². The number of aromatic carboxylic acids is 1. The Morgan fingerprint density at radius 1 is 1.33 bits per heavy atom. The zero-order valence-electron chi connectivity index (χ0n) is 10.7. The summed E-state index contributed by atoms with van der Waals surface area (Å²) in [5.74, 6) is -2.49. The SMILES string of the molecule is O=C(O)c1cccc(F)c1NC(=O)N(CCO)CC(F)F. The number of carboxylic acid groups (broad SMARTS) is 1. The van der Waals surface area contributed by atoms with Crippen LogP contribution in [0.4, 0.5) is 23.7 Å². The van der Waals surface area contributed by atoms with E-state index in [1.165, 1.54) is 0 Å². The van der Waals surface area contributed by atoms with Gasteiger partial charge in [0.1, 0.15) is 5.82 Å². The first kappa shape index (κ1) is 16.8. The van der Waals surface area contributed by atoms with Gasteiger partial charge in [0.25, 0.3) is 6.43 Å². The van der Waals surface area contributed by atoms with E-state index >= 15 is 0 Å². The van der Waals surface area contributed by atoms with Gasteiger partial charge in [0.15, 0.2) is 0 Å². The molecular formula is C12H13F3N2O4. The van der Waals surface area contributed by atoms with Crippen molar-refractivity contribution in [2.45, 2.75) is 6.43 Å². The zero-order valence-corrected chi connectivity index (χ0v) is 10.7. The highest BCUT2D eigenvalue weighted by molar-refractivity contribution is 6.00. The number of carboxylic acids is 1. The Bertz CT molecular complexity index is 525. The summed E-state index contributed by atoms with van der Waals surface area (Å²) in [4.78, 5) is 23.3. The zero-order chi connectivity index (χ0) is 16.0. The molecule has 0 bridgehead atoms. The van der Waals surface area contributed by atoms with Crippen LogP contribution < -0.4 is 5.32 Å². The number of rotatable bonds is 6. The van der Waals surface area contributed by atoms with Crippen LogP contribution in [0.15, 0.2) is 18.2 Å². The largest absolute Gasteiger partial charge is 0.478 e. The fourth-order valence-electron chi connectivity index (χ4n) is 1.58. The van der Waals surface area contributed by atoms with E-state index in [-0.39, 0.29) is 0 Å². The Morgan fingerprint density at radius 2 is 2.00 bits per heavy atom. The molecule has 116 valence electrons. The van der Waals surface area contributed by atoms with Crippen molar-refractivity contribution in [1.29, 1.82) is 0 Å². The highest BCUT2D eigenvalue weighted by Gasteiger charge is 2.22. The van der Waals surface area contributed by atoms with E-state index in [4.69, 9.17) is 10.2 Å². The molecule has 0 atom stereocenters. The number of para-hydroxylation sites is 1. The molecule has 0 radical (unpaired) electrons. The lowest BCUT2D eigenvalue weighted by Gasteiger charge is -2.22. The number of amides is 2. The summed E-state index contributed by atoms with van der Waals surface area (Å²) in [6, 6.07) is 1.99. The maximum Gasteiger partial charge on any atom is 0.337 e. The summed E-state index contributed by atoms with van der Waals surface area (Å²) in [6.07, 6.45) is -2.85. The minimum absolute atomic E-state index is 0.396. The Kier molecular flexibility index (Phi) is 5.97. The van der Waals surface area contributed by atoms with Crippen LogP contribution in [0.2, 0.25) is 0 Å². The summed E-state index contributed by atoms with van der Waals surface area (Å²) >= 11 is 0. The van der Waals surface area contributed by atoms with Crippen molar-refractivity contribution in [3.63, 3.8) is 0 Å². The number of aliphatic hydroxyl groups excluding tert-OH is 1. The van der Waals surface area contributed by atoms with Crippen LogP contribution in [0.5, 0.6) is 0 Å². The van der Waals surface area contributed by atoms with Gasteiger partial charge in [-0.3, -0.25) is 0 Å². The van der Waals surface area contributed by atoms with Crippen LogP contribution in [-0.2, 0) is 0 Å². The first-order chi connectivity index (χ1) is 9.86. The second-order valence-corrected chi connectivity index (χ2v) is 3.96. The number of hydrogen-bond donors (Lipinski definition) is 3. The summed E-state index contributed by atoms with van der Waals surface area (Å²) < 4.78 is 38.2. The third-order valence-corrected chi connectivity index (χ3v) is 2.49. The third kappa shape index (κ3) is 4.63. The van der Waals surface area contributed by atoms with E-state index in [9.17, 15) is 22.8 Å². The molecule has 0 fully saturated rings. The van der Waals surface area contributed by atoms with Gasteiger partial charge in [0, 0.05) is 6.54 Å². The molecule has 2 amide bonds. The molecule has 0 aliphatic heterocycles. The Labute approximate surface area is 117 Å². The molecular weight excluding hydrogens is 293 g/mol. The number of urea groups is 1. The molecule has 0 spiro atoms. The van der Waals surface area contributed by atoms with Gasteiger partial charge in [-0.1, -0.05) is 6.07 Å². The number of halogens is 3. The van der Waals surface area contributed by atoms with Crippen molar-refractivity contribution in [3.8, 4) is 0 Å². The number of hydrogen-bond acceptors (Lipinski definition) is 3. The minimum Gasteiger partial charge on any atom is -0.478 e. The Hall–Kier alpha value is -2.29. The fraction of sp³-hybridized carbons (Fsp3) is 0.333. The van der Waals surface area contributed by atoms with E-state index in [1.807, 2.05) is 5.32 Å². The lowest BCUT2D eigenvalue weighted by atomic mass is 10.1. The average molecular weight is 306 g/mol. The van der Waals surface area contributed by atoms with Gasteiger partial charge in [0.2, 0.25) is 0 Å². The monoisotopic (exact) mass is 306 g/mol. The van der Waals surface area contributed by atoms with Gasteiger partial charge >= 0.3 is 12.0 Å². The predicted octanol–water partition coefficient (Wildman–Crippen LogP) is 1.62. The predicted molar refractivity (Wildman–Crippen MR) is 67.0 cm³/mol. The molecule has 21 heavy (non-hydrogen) atoms. The average Bonchev–Trinajstić information content (AvgIpc) is 2.39. The minimum atomic E-state index is -2.85. The van der Waals surface area contributed by atoms with Crippen LogP contribution >= 0.6 is 0 Å². The normalized spacial score (nSPS) is 10.5. The van der Waals surface area contributed by atoms with Crippen LogP contribution in [0.3, 0.4) is 0 Å². The molecule has 0 aliphatic carbocycles. The van der Waals surface area contributed by atoms with Crippen molar-refractivity contribution < 1.29 is 33.0 Å². The summed E-state index contributed by atoms with van der Waals surface area (Å²) in [5.41, 5.74) is -1.13. The smallest absolute Gasteiger partial charge is 0.337 e. The molecule has 0 saturated heterocycles. The van der Waals surface area contributed by atoms with Gasteiger partial charge in [-0.25, -0.2) is 22.8 Å². The second-order valence-electron chi connectivity index (χ2n) is 3.96. The van der Waals surface area contributed by atoms with E-state index in [2.05, 4.69) is 0 Å². The van der Waals surface area contributed by atoms with Gasteiger partial charge in [0.05, 0.1) is 24.4 Å². The van der Waals surface area contributed by atoms with Gasteiger partial charge in [-0.2, -0.15) is 0 Å². The highest BCUT2D eigenvalue weighted by Crippen LogP contribution is 2.20. The summed E-state index contributed by atoms with van der Waals surface area (Å²) in [6.45, 7) is -1.93. The molecule has 0 aromatic heterocycles. The van der Waals surface area contributed by atoms with Crippen LogP contribution in [0, 0.1) is 5.82 Å². The van der Waals surface area contributed by atoms with Crippen LogP contribution in [-0.4, -0.2) is 53.2 Å². The lowest BCUT2D eigenvalue weighted by molar-refractivity contribution is 0.0697. The molecule has 1 rings (SSSR count). The number of carbonyl (C=O) groups excluding carboxylic acids is 1. The van der Waals surface area contributed by atoms with Gasteiger partial charge in [-0.15, -0.1) is 0 Å². The molecule has 0 heterocycles. The third-order valence-electron chi connectivity index (χ3n) is 2.49. The van der Waals surface area contributed by atoms with E-state index in [0.717, 1.165) is 18.2 Å². The number of aliphatic hydroxyl groups is 1. The molecule has 0 saturated carbocycles. The van der Waals surface area contributed by atoms with E-state index in [1.54, 1.807) is 0 Å². The van der Waals surface area contributed by atoms with E-state index < -0.39 is 55.2 Å². The number of nitrogens with zero attached hydrogens (tertiary/aromatic N) is 1. The lowest BCUT2D eigenvalue weighted by Crippen LogP contribution is -2.40.